The fourth-order valence-electron chi connectivity index (χ4n) is 2.79. The molecule has 1 fully saturated rings. The molecule has 0 bridgehead atoms. The molecule has 0 radical (unpaired) electrons. The second kappa shape index (κ2) is 6.13. The third-order valence-electron chi connectivity index (χ3n) is 3.87. The molecule has 2 heterocycles. The Bertz CT molecular complexity index is 484. The second-order valence-corrected chi connectivity index (χ2v) is 5.37. The largest absolute Gasteiger partial charge is 0.385 e. The van der Waals surface area contributed by atoms with Gasteiger partial charge in [0.15, 0.2) is 0 Å². The lowest BCUT2D eigenvalue weighted by molar-refractivity contribution is 0.188. The Labute approximate surface area is 119 Å². The summed E-state index contributed by atoms with van der Waals surface area (Å²) in [6, 6.07) is 6.31. The molecule has 1 aromatic carbocycles. The van der Waals surface area contributed by atoms with Crippen LogP contribution in [0.25, 0.3) is 0 Å². The molecule has 20 heavy (non-hydrogen) atoms. The Morgan fingerprint density at radius 3 is 3.25 bits per heavy atom. The minimum atomic E-state index is -0.117. The molecular formula is C15H21N3O2. The summed E-state index contributed by atoms with van der Waals surface area (Å²) in [5.74, 6) is 0. The Morgan fingerprint density at radius 1 is 1.45 bits per heavy atom. The Morgan fingerprint density at radius 2 is 2.40 bits per heavy atom. The number of hydrogen-bond donors (Lipinski definition) is 3. The quantitative estimate of drug-likeness (QED) is 0.785. The number of ether oxygens (including phenoxy) is 1. The predicted octanol–water partition coefficient (Wildman–Crippen LogP) is 1.63. The summed E-state index contributed by atoms with van der Waals surface area (Å²) in [6.45, 7) is 2.92. The summed E-state index contributed by atoms with van der Waals surface area (Å²) in [4.78, 5) is 11.8. The van der Waals surface area contributed by atoms with Gasteiger partial charge < -0.3 is 20.7 Å². The number of benzene rings is 1. The van der Waals surface area contributed by atoms with Gasteiger partial charge in [-0.2, -0.15) is 0 Å². The van der Waals surface area contributed by atoms with Crippen LogP contribution in [0.1, 0.15) is 24.0 Å². The van der Waals surface area contributed by atoms with Crippen LogP contribution < -0.4 is 16.0 Å². The maximum Gasteiger partial charge on any atom is 0.315 e. The van der Waals surface area contributed by atoms with Crippen molar-refractivity contribution in [3.8, 4) is 0 Å². The summed E-state index contributed by atoms with van der Waals surface area (Å²) >= 11 is 0. The fourth-order valence-corrected chi connectivity index (χ4v) is 2.79. The summed E-state index contributed by atoms with van der Waals surface area (Å²) in [5.41, 5.74) is 3.70. The van der Waals surface area contributed by atoms with Crippen molar-refractivity contribution in [1.29, 1.82) is 0 Å². The van der Waals surface area contributed by atoms with E-state index in [1.165, 1.54) is 17.7 Å². The maximum atomic E-state index is 11.8. The van der Waals surface area contributed by atoms with E-state index in [0.717, 1.165) is 31.6 Å². The minimum Gasteiger partial charge on any atom is -0.385 e. The number of amides is 2. The van der Waals surface area contributed by atoms with Gasteiger partial charge >= 0.3 is 6.03 Å². The predicted molar refractivity (Wildman–Crippen MR) is 77.8 cm³/mol. The number of urea groups is 1. The molecule has 108 valence electrons. The molecule has 1 atom stereocenters. The van der Waals surface area contributed by atoms with Gasteiger partial charge in [-0.25, -0.2) is 4.79 Å². The lowest BCUT2D eigenvalue weighted by Crippen LogP contribution is -2.42. The van der Waals surface area contributed by atoms with E-state index in [-0.39, 0.29) is 12.1 Å². The molecule has 3 rings (SSSR count). The van der Waals surface area contributed by atoms with Gasteiger partial charge in [-0.15, -0.1) is 0 Å². The summed E-state index contributed by atoms with van der Waals surface area (Å²) in [5, 5.41) is 9.30. The van der Waals surface area contributed by atoms with E-state index in [0.29, 0.717) is 13.2 Å². The van der Waals surface area contributed by atoms with E-state index in [4.69, 9.17) is 4.74 Å². The highest BCUT2D eigenvalue weighted by Gasteiger charge is 2.18. The number of carbonyl (C=O) groups is 1. The topological polar surface area (TPSA) is 62.4 Å². The van der Waals surface area contributed by atoms with Gasteiger partial charge in [-0.1, -0.05) is 18.2 Å². The standard InChI is InChI=1S/C15H21N3O2/c19-15(18-13-6-8-20-10-13)17-9-12-4-1-3-11-5-2-7-16-14(11)12/h1,3-4,13,16H,2,5-10H2,(H2,17,18,19). The first-order valence-corrected chi connectivity index (χ1v) is 7.29. The number of rotatable bonds is 3. The van der Waals surface area contributed by atoms with Gasteiger partial charge in [0.2, 0.25) is 0 Å². The maximum absolute atomic E-state index is 11.8. The normalized spacial score (nSPS) is 20.9. The highest BCUT2D eigenvalue weighted by Crippen LogP contribution is 2.25. The Hall–Kier alpha value is -1.75. The minimum absolute atomic E-state index is 0.117. The first-order valence-electron chi connectivity index (χ1n) is 7.29. The zero-order chi connectivity index (χ0) is 13.8. The Kier molecular flexibility index (Phi) is 4.06. The molecule has 0 spiro atoms. The summed E-state index contributed by atoms with van der Waals surface area (Å²) in [6.07, 6.45) is 3.18. The van der Waals surface area contributed by atoms with Crippen LogP contribution in [0.15, 0.2) is 18.2 Å². The molecule has 2 aliphatic heterocycles. The molecule has 0 saturated carbocycles. The van der Waals surface area contributed by atoms with Crippen LogP contribution in [-0.2, 0) is 17.7 Å². The molecule has 5 nitrogen and oxygen atoms in total. The first kappa shape index (κ1) is 13.2. The number of nitrogens with one attached hydrogen (secondary N) is 3. The molecule has 0 aromatic heterocycles. The lowest BCUT2D eigenvalue weighted by atomic mass is 9.99. The third-order valence-corrected chi connectivity index (χ3v) is 3.87. The van der Waals surface area contributed by atoms with E-state index < -0.39 is 0 Å². The van der Waals surface area contributed by atoms with Crippen LogP contribution >= 0.6 is 0 Å². The number of aryl methyl sites for hydroxylation is 1. The molecule has 0 aliphatic carbocycles. The summed E-state index contributed by atoms with van der Waals surface area (Å²) in [7, 11) is 0. The van der Waals surface area contributed by atoms with Gasteiger partial charge in [0.1, 0.15) is 0 Å². The first-order chi connectivity index (χ1) is 9.83. The van der Waals surface area contributed by atoms with Gasteiger partial charge in [-0.05, 0) is 30.4 Å². The van der Waals surface area contributed by atoms with E-state index in [1.54, 1.807) is 0 Å². The number of para-hydroxylation sites is 1. The van der Waals surface area contributed by atoms with E-state index >= 15 is 0 Å². The van der Waals surface area contributed by atoms with Crippen molar-refractivity contribution < 1.29 is 9.53 Å². The molecular weight excluding hydrogens is 254 g/mol. The van der Waals surface area contributed by atoms with Gasteiger partial charge in [-0.3, -0.25) is 0 Å². The van der Waals surface area contributed by atoms with Gasteiger partial charge in [0, 0.05) is 25.4 Å². The molecule has 3 N–H and O–H groups in total. The zero-order valence-electron chi connectivity index (χ0n) is 11.6. The van der Waals surface area contributed by atoms with Gasteiger partial charge in [0.05, 0.1) is 12.6 Å². The van der Waals surface area contributed by atoms with Crippen LogP contribution in [-0.4, -0.2) is 31.8 Å². The third kappa shape index (κ3) is 3.04. The molecule has 2 amide bonds. The zero-order valence-corrected chi connectivity index (χ0v) is 11.6. The molecule has 1 aromatic rings. The average Bonchev–Trinajstić information content (AvgIpc) is 2.98. The molecule has 5 heteroatoms. The van der Waals surface area contributed by atoms with Crippen LogP contribution in [0, 0.1) is 0 Å². The van der Waals surface area contributed by atoms with Crippen LogP contribution in [0.2, 0.25) is 0 Å². The number of fused-ring (bicyclic) bond motifs is 1. The van der Waals surface area contributed by atoms with E-state index in [9.17, 15) is 4.79 Å². The number of anilines is 1. The van der Waals surface area contributed by atoms with E-state index in [1.807, 2.05) is 0 Å². The van der Waals surface area contributed by atoms with Crippen LogP contribution in [0.5, 0.6) is 0 Å². The smallest absolute Gasteiger partial charge is 0.315 e. The second-order valence-electron chi connectivity index (χ2n) is 5.37. The van der Waals surface area contributed by atoms with Crippen LogP contribution in [0.3, 0.4) is 0 Å². The molecule has 1 unspecified atom stereocenters. The van der Waals surface area contributed by atoms with Crippen LogP contribution in [0.4, 0.5) is 10.5 Å². The molecule has 2 aliphatic rings. The molecule has 1 saturated heterocycles. The van der Waals surface area contributed by atoms with Crippen molar-refractivity contribution in [1.82, 2.24) is 10.6 Å². The van der Waals surface area contributed by atoms with Crippen molar-refractivity contribution in [2.24, 2.45) is 0 Å². The average molecular weight is 275 g/mol. The monoisotopic (exact) mass is 275 g/mol. The van der Waals surface area contributed by atoms with Crippen molar-refractivity contribution in [3.05, 3.63) is 29.3 Å². The highest BCUT2D eigenvalue weighted by molar-refractivity contribution is 5.74. The van der Waals surface area contributed by atoms with Gasteiger partial charge in [0.25, 0.3) is 0 Å². The van der Waals surface area contributed by atoms with Crippen molar-refractivity contribution in [2.75, 3.05) is 25.1 Å². The van der Waals surface area contributed by atoms with Crippen molar-refractivity contribution >= 4 is 11.7 Å². The lowest BCUT2D eigenvalue weighted by Gasteiger charge is -2.21. The van der Waals surface area contributed by atoms with Crippen molar-refractivity contribution in [3.63, 3.8) is 0 Å². The number of hydrogen-bond acceptors (Lipinski definition) is 3. The summed E-state index contributed by atoms with van der Waals surface area (Å²) < 4.78 is 5.24. The Balaban J connectivity index is 1.56. The fraction of sp³-hybridized carbons (Fsp3) is 0.533. The van der Waals surface area contributed by atoms with Crippen molar-refractivity contribution in [2.45, 2.75) is 31.8 Å². The number of carbonyl (C=O) groups excluding carboxylic acids is 1. The highest BCUT2D eigenvalue weighted by atomic mass is 16.5. The SMILES string of the molecule is O=C(NCc1cccc2c1NCCC2)NC1CCOC1. The van der Waals surface area contributed by atoms with E-state index in [2.05, 4.69) is 34.1 Å².